The van der Waals surface area contributed by atoms with Gasteiger partial charge < -0.3 is 24.8 Å². The molecule has 30 heavy (non-hydrogen) atoms. The van der Waals surface area contributed by atoms with Crippen LogP contribution >= 0.6 is 11.6 Å². The predicted octanol–water partition coefficient (Wildman–Crippen LogP) is 4.55. The van der Waals surface area contributed by atoms with Crippen LogP contribution in [0, 0.1) is 10.1 Å². The number of hydrogen-bond acceptors (Lipinski definition) is 9. The topological polar surface area (TPSA) is 121 Å². The lowest BCUT2D eigenvalue weighted by molar-refractivity contribution is -0.383. The molecule has 2 N–H and O–H groups in total. The lowest BCUT2D eigenvalue weighted by atomic mass is 10.2. The van der Waals surface area contributed by atoms with Gasteiger partial charge in [-0.05, 0) is 18.2 Å². The molecule has 2 aromatic carbocycles. The van der Waals surface area contributed by atoms with E-state index in [-0.39, 0.29) is 17.3 Å². The zero-order valence-corrected chi connectivity index (χ0v) is 17.1. The van der Waals surface area contributed by atoms with Gasteiger partial charge in [-0.1, -0.05) is 17.7 Å². The first-order valence-electron chi connectivity index (χ1n) is 8.55. The van der Waals surface area contributed by atoms with Crippen molar-refractivity contribution in [3.63, 3.8) is 0 Å². The average Bonchev–Trinajstić information content (AvgIpc) is 2.74. The first-order chi connectivity index (χ1) is 14.5. The number of hydrogen-bond donors (Lipinski definition) is 2. The molecule has 0 radical (unpaired) electrons. The molecule has 1 heterocycles. The Kier molecular flexibility index (Phi) is 6.38. The van der Waals surface area contributed by atoms with Crippen LogP contribution in [-0.2, 0) is 0 Å². The van der Waals surface area contributed by atoms with Crippen LogP contribution in [0.4, 0.5) is 28.7 Å². The van der Waals surface area contributed by atoms with Gasteiger partial charge in [-0.2, -0.15) is 0 Å². The first-order valence-corrected chi connectivity index (χ1v) is 8.93. The molecule has 0 saturated heterocycles. The second-order valence-corrected chi connectivity index (χ2v) is 6.25. The van der Waals surface area contributed by atoms with Gasteiger partial charge in [0.25, 0.3) is 0 Å². The summed E-state index contributed by atoms with van der Waals surface area (Å²) >= 11 is 6.18. The number of ether oxygens (including phenoxy) is 3. The Morgan fingerprint density at radius 2 is 1.67 bits per heavy atom. The van der Waals surface area contributed by atoms with E-state index < -0.39 is 4.92 Å². The minimum atomic E-state index is -0.581. The molecule has 0 fully saturated rings. The van der Waals surface area contributed by atoms with Crippen LogP contribution < -0.4 is 24.8 Å². The van der Waals surface area contributed by atoms with E-state index >= 15 is 0 Å². The van der Waals surface area contributed by atoms with Gasteiger partial charge in [-0.3, -0.25) is 10.1 Å². The van der Waals surface area contributed by atoms with E-state index in [4.69, 9.17) is 25.8 Å². The monoisotopic (exact) mass is 431 g/mol. The molecule has 0 aliphatic carbocycles. The first kappa shape index (κ1) is 20.9. The highest BCUT2D eigenvalue weighted by Crippen LogP contribution is 2.40. The van der Waals surface area contributed by atoms with E-state index in [1.807, 2.05) is 0 Å². The highest BCUT2D eigenvalue weighted by atomic mass is 35.5. The maximum absolute atomic E-state index is 11.8. The number of rotatable bonds is 8. The summed E-state index contributed by atoms with van der Waals surface area (Å²) in [6, 6.07) is 10.0. The van der Waals surface area contributed by atoms with Gasteiger partial charge in [0.2, 0.25) is 11.6 Å². The van der Waals surface area contributed by atoms with E-state index in [9.17, 15) is 10.1 Å². The van der Waals surface area contributed by atoms with Crippen molar-refractivity contribution in [1.29, 1.82) is 0 Å². The SMILES string of the molecule is COc1cccc(Nc2ncnc(Nc3cc(Cl)c(OC)cc3OC)c2[N+](=O)[O-])c1. The summed E-state index contributed by atoms with van der Waals surface area (Å²) in [6.45, 7) is 0. The van der Waals surface area contributed by atoms with E-state index in [0.29, 0.717) is 33.6 Å². The Morgan fingerprint density at radius 1 is 0.967 bits per heavy atom. The van der Waals surface area contributed by atoms with Crippen LogP contribution in [-0.4, -0.2) is 36.2 Å². The number of benzene rings is 2. The quantitative estimate of drug-likeness (QED) is 0.390. The van der Waals surface area contributed by atoms with Crippen molar-refractivity contribution >= 4 is 40.3 Å². The van der Waals surface area contributed by atoms with Crippen molar-refractivity contribution in [2.45, 2.75) is 0 Å². The third-order valence-corrected chi connectivity index (χ3v) is 4.36. The molecule has 0 saturated carbocycles. The van der Waals surface area contributed by atoms with E-state index in [1.54, 1.807) is 30.3 Å². The van der Waals surface area contributed by atoms with Gasteiger partial charge in [0.15, 0.2) is 0 Å². The number of aromatic nitrogens is 2. The molecule has 0 atom stereocenters. The minimum Gasteiger partial charge on any atom is -0.497 e. The molecular formula is C19H18ClN5O5. The molecular weight excluding hydrogens is 414 g/mol. The number of halogens is 1. The normalized spacial score (nSPS) is 10.3. The van der Waals surface area contributed by atoms with Crippen LogP contribution in [0.3, 0.4) is 0 Å². The summed E-state index contributed by atoms with van der Waals surface area (Å²) in [5.74, 6) is 1.32. The Bertz CT molecular complexity index is 1080. The minimum absolute atomic E-state index is 0.00401. The number of nitrogens with one attached hydrogen (secondary N) is 2. The van der Waals surface area contributed by atoms with E-state index in [2.05, 4.69) is 20.6 Å². The van der Waals surface area contributed by atoms with Crippen molar-refractivity contribution in [1.82, 2.24) is 9.97 Å². The van der Waals surface area contributed by atoms with Gasteiger partial charge in [0.05, 0.1) is 37.0 Å². The van der Waals surface area contributed by atoms with Crippen LogP contribution in [0.2, 0.25) is 5.02 Å². The number of nitro groups is 1. The second kappa shape index (κ2) is 9.14. The highest BCUT2D eigenvalue weighted by molar-refractivity contribution is 6.32. The molecule has 156 valence electrons. The molecule has 3 aromatic rings. The van der Waals surface area contributed by atoms with Crippen LogP contribution in [0.1, 0.15) is 0 Å². The fourth-order valence-corrected chi connectivity index (χ4v) is 2.90. The second-order valence-electron chi connectivity index (χ2n) is 5.85. The summed E-state index contributed by atoms with van der Waals surface area (Å²) < 4.78 is 15.7. The van der Waals surface area contributed by atoms with Crippen molar-refractivity contribution < 1.29 is 19.1 Å². The summed E-state index contributed by atoms with van der Waals surface area (Å²) in [7, 11) is 4.46. The standard InChI is InChI=1S/C19H18ClN5O5/c1-28-12-6-4-5-11(7-12)23-18-17(25(26)27)19(22-10-21-18)24-14-8-13(20)15(29-2)9-16(14)30-3/h4-10H,1-3H3,(H2,21,22,23,24). The molecule has 10 nitrogen and oxygen atoms in total. The average molecular weight is 432 g/mol. The summed E-state index contributed by atoms with van der Waals surface area (Å²) in [4.78, 5) is 19.3. The van der Waals surface area contributed by atoms with E-state index in [0.717, 1.165) is 0 Å². The molecule has 1 aromatic heterocycles. The Hall–Kier alpha value is -3.79. The maximum atomic E-state index is 11.8. The third-order valence-electron chi connectivity index (χ3n) is 4.06. The molecule has 3 rings (SSSR count). The Morgan fingerprint density at radius 3 is 2.30 bits per heavy atom. The maximum Gasteiger partial charge on any atom is 0.353 e. The lowest BCUT2D eigenvalue weighted by Crippen LogP contribution is -2.06. The van der Waals surface area contributed by atoms with E-state index in [1.165, 1.54) is 33.7 Å². The van der Waals surface area contributed by atoms with Gasteiger partial charge in [-0.15, -0.1) is 0 Å². The van der Waals surface area contributed by atoms with Gasteiger partial charge >= 0.3 is 5.69 Å². The Balaban J connectivity index is 2.01. The molecule has 11 heteroatoms. The van der Waals surface area contributed by atoms with Crippen LogP contribution in [0.15, 0.2) is 42.7 Å². The largest absolute Gasteiger partial charge is 0.497 e. The summed E-state index contributed by atoms with van der Waals surface area (Å²) in [5, 5.41) is 17.9. The van der Waals surface area contributed by atoms with Gasteiger partial charge in [0.1, 0.15) is 23.6 Å². The molecule has 0 spiro atoms. The van der Waals surface area contributed by atoms with Crippen molar-refractivity contribution in [2.24, 2.45) is 0 Å². The highest BCUT2D eigenvalue weighted by Gasteiger charge is 2.24. The number of nitrogens with zero attached hydrogens (tertiary/aromatic N) is 3. The molecule has 0 aliphatic rings. The molecule has 0 bridgehead atoms. The zero-order valence-electron chi connectivity index (χ0n) is 16.3. The van der Waals surface area contributed by atoms with Crippen LogP contribution in [0.25, 0.3) is 0 Å². The smallest absolute Gasteiger partial charge is 0.353 e. The third kappa shape index (κ3) is 4.44. The fraction of sp³-hybridized carbons (Fsp3) is 0.158. The molecule has 0 aliphatic heterocycles. The van der Waals surface area contributed by atoms with Gasteiger partial charge in [0, 0.05) is 17.8 Å². The predicted molar refractivity (Wildman–Crippen MR) is 113 cm³/mol. The fourth-order valence-electron chi connectivity index (χ4n) is 2.66. The van der Waals surface area contributed by atoms with Crippen molar-refractivity contribution in [3.8, 4) is 17.2 Å². The van der Waals surface area contributed by atoms with Crippen molar-refractivity contribution in [2.75, 3.05) is 32.0 Å². The zero-order chi connectivity index (χ0) is 21.7. The number of anilines is 4. The Labute approximate surface area is 176 Å². The number of methoxy groups -OCH3 is 3. The van der Waals surface area contributed by atoms with Crippen molar-refractivity contribution in [3.05, 3.63) is 57.9 Å². The molecule has 0 amide bonds. The van der Waals surface area contributed by atoms with Gasteiger partial charge in [-0.25, -0.2) is 9.97 Å². The lowest BCUT2D eigenvalue weighted by Gasteiger charge is -2.14. The molecule has 0 unspecified atom stereocenters. The summed E-state index contributed by atoms with van der Waals surface area (Å²) in [5.41, 5.74) is 0.582. The summed E-state index contributed by atoms with van der Waals surface area (Å²) in [6.07, 6.45) is 1.20. The van der Waals surface area contributed by atoms with Crippen LogP contribution in [0.5, 0.6) is 17.2 Å².